The van der Waals surface area contributed by atoms with Crippen molar-refractivity contribution in [2.24, 2.45) is 0 Å². The standard InChI is InChI=1S/C7H13O4P/c1-4-7(8)11-12(9,6-3)10-5-2/h4H,1,5-6H2,2-3H3. The lowest BCUT2D eigenvalue weighted by Crippen LogP contribution is -2.03. The van der Waals surface area contributed by atoms with E-state index in [1.165, 1.54) is 0 Å². The molecule has 0 saturated carbocycles. The Kier molecular flexibility index (Phi) is 4.86. The van der Waals surface area contributed by atoms with Crippen LogP contribution in [0, 0.1) is 0 Å². The second kappa shape index (κ2) is 5.12. The fraction of sp³-hybridized carbons (Fsp3) is 0.571. The number of rotatable bonds is 5. The van der Waals surface area contributed by atoms with Crippen LogP contribution in [0.3, 0.4) is 0 Å². The lowest BCUT2D eigenvalue weighted by molar-refractivity contribution is -0.129. The van der Waals surface area contributed by atoms with Crippen LogP contribution in [0.5, 0.6) is 0 Å². The highest BCUT2D eigenvalue weighted by Gasteiger charge is 2.24. The Morgan fingerprint density at radius 2 is 2.17 bits per heavy atom. The van der Waals surface area contributed by atoms with Gasteiger partial charge >= 0.3 is 13.6 Å². The van der Waals surface area contributed by atoms with Crippen LogP contribution >= 0.6 is 7.60 Å². The monoisotopic (exact) mass is 192 g/mol. The highest BCUT2D eigenvalue weighted by molar-refractivity contribution is 7.54. The van der Waals surface area contributed by atoms with Crippen LogP contribution in [0.1, 0.15) is 13.8 Å². The molecule has 0 fully saturated rings. The molecule has 0 aromatic heterocycles. The number of hydrogen-bond acceptors (Lipinski definition) is 4. The Hall–Kier alpha value is -0.600. The average molecular weight is 192 g/mol. The quantitative estimate of drug-likeness (QED) is 0.493. The molecule has 0 N–H and O–H groups in total. The molecule has 0 heterocycles. The lowest BCUT2D eigenvalue weighted by atomic mass is 10.7. The summed E-state index contributed by atoms with van der Waals surface area (Å²) in [5.74, 6) is -0.714. The van der Waals surface area contributed by atoms with Crippen LogP contribution < -0.4 is 0 Å². The molecule has 0 aliphatic rings. The van der Waals surface area contributed by atoms with Gasteiger partial charge in [-0.1, -0.05) is 13.5 Å². The summed E-state index contributed by atoms with van der Waals surface area (Å²) in [6.45, 7) is 6.76. The van der Waals surface area contributed by atoms with Crippen LogP contribution in [-0.2, 0) is 18.4 Å². The zero-order valence-electron chi connectivity index (χ0n) is 7.28. The van der Waals surface area contributed by atoms with Gasteiger partial charge in [0.1, 0.15) is 0 Å². The second-order valence-corrected chi connectivity index (χ2v) is 4.25. The second-order valence-electron chi connectivity index (χ2n) is 1.96. The summed E-state index contributed by atoms with van der Waals surface area (Å²) in [4.78, 5) is 10.7. The smallest absolute Gasteiger partial charge is 0.381 e. The van der Waals surface area contributed by atoms with E-state index in [2.05, 4.69) is 11.1 Å². The van der Waals surface area contributed by atoms with Crippen molar-refractivity contribution in [1.29, 1.82) is 0 Å². The summed E-state index contributed by atoms with van der Waals surface area (Å²) in [6, 6.07) is 0. The molecule has 0 saturated heterocycles. The van der Waals surface area contributed by atoms with Gasteiger partial charge in [0.15, 0.2) is 0 Å². The molecule has 0 aliphatic carbocycles. The molecule has 0 radical (unpaired) electrons. The van der Waals surface area contributed by atoms with Gasteiger partial charge in [-0.05, 0) is 6.92 Å². The highest BCUT2D eigenvalue weighted by atomic mass is 31.2. The van der Waals surface area contributed by atoms with E-state index in [-0.39, 0.29) is 12.8 Å². The van der Waals surface area contributed by atoms with E-state index in [1.54, 1.807) is 13.8 Å². The van der Waals surface area contributed by atoms with Gasteiger partial charge in [-0.2, -0.15) is 0 Å². The molecular formula is C7H13O4P. The molecule has 70 valence electrons. The Bertz CT molecular complexity index is 211. The van der Waals surface area contributed by atoms with Crippen molar-refractivity contribution in [1.82, 2.24) is 0 Å². The minimum Gasteiger partial charge on any atom is -0.388 e. The van der Waals surface area contributed by atoms with Crippen molar-refractivity contribution < 1.29 is 18.4 Å². The van der Waals surface area contributed by atoms with Crippen molar-refractivity contribution in [2.75, 3.05) is 12.8 Å². The number of hydrogen-bond donors (Lipinski definition) is 0. The third-order valence-electron chi connectivity index (χ3n) is 1.11. The van der Waals surface area contributed by atoms with Gasteiger partial charge in [0.25, 0.3) is 0 Å². The largest absolute Gasteiger partial charge is 0.388 e. The van der Waals surface area contributed by atoms with Crippen molar-refractivity contribution in [2.45, 2.75) is 13.8 Å². The van der Waals surface area contributed by atoms with E-state index in [9.17, 15) is 9.36 Å². The normalized spacial score (nSPS) is 14.8. The van der Waals surface area contributed by atoms with E-state index in [0.717, 1.165) is 6.08 Å². The predicted molar refractivity (Wildman–Crippen MR) is 46.1 cm³/mol. The molecule has 0 aliphatic heterocycles. The molecule has 0 amide bonds. The van der Waals surface area contributed by atoms with Crippen LogP contribution in [0.4, 0.5) is 0 Å². The molecule has 0 spiro atoms. The Balaban J connectivity index is 4.23. The van der Waals surface area contributed by atoms with E-state index in [0.29, 0.717) is 0 Å². The first-order chi connectivity index (χ1) is 5.58. The molecule has 0 aromatic carbocycles. The SMILES string of the molecule is C=CC(=O)OP(=O)(CC)OCC. The van der Waals surface area contributed by atoms with Gasteiger partial charge in [-0.3, -0.25) is 0 Å². The fourth-order valence-corrected chi connectivity index (χ4v) is 1.66. The van der Waals surface area contributed by atoms with Crippen molar-refractivity contribution in [3.8, 4) is 0 Å². The molecule has 12 heavy (non-hydrogen) atoms. The first-order valence-corrected chi connectivity index (χ1v) is 5.40. The topological polar surface area (TPSA) is 52.6 Å². The summed E-state index contributed by atoms with van der Waals surface area (Å²) < 4.78 is 20.8. The van der Waals surface area contributed by atoms with E-state index in [1.807, 2.05) is 0 Å². The summed E-state index contributed by atoms with van der Waals surface area (Å²) in [5.41, 5.74) is 0. The van der Waals surface area contributed by atoms with Gasteiger partial charge in [-0.15, -0.1) is 0 Å². The van der Waals surface area contributed by atoms with Gasteiger partial charge < -0.3 is 9.05 Å². The van der Waals surface area contributed by atoms with Crippen molar-refractivity contribution >= 4 is 13.6 Å². The Morgan fingerprint density at radius 1 is 1.58 bits per heavy atom. The van der Waals surface area contributed by atoms with E-state index < -0.39 is 13.6 Å². The summed E-state index contributed by atoms with van der Waals surface area (Å²) >= 11 is 0. The van der Waals surface area contributed by atoms with E-state index in [4.69, 9.17) is 4.52 Å². The maximum Gasteiger partial charge on any atom is 0.381 e. The zero-order valence-corrected chi connectivity index (χ0v) is 8.17. The van der Waals surface area contributed by atoms with E-state index >= 15 is 0 Å². The third-order valence-corrected chi connectivity index (χ3v) is 2.99. The van der Waals surface area contributed by atoms with Crippen LogP contribution in [0.2, 0.25) is 0 Å². The van der Waals surface area contributed by atoms with Crippen molar-refractivity contribution in [3.63, 3.8) is 0 Å². The molecule has 0 bridgehead atoms. The van der Waals surface area contributed by atoms with Gasteiger partial charge in [0.05, 0.1) is 12.8 Å². The summed E-state index contributed by atoms with van der Waals surface area (Å²) in [7, 11) is -3.19. The first kappa shape index (κ1) is 11.4. The van der Waals surface area contributed by atoms with Gasteiger partial charge in [0.2, 0.25) is 0 Å². The number of carbonyl (C=O) groups excluding carboxylic acids is 1. The minimum absolute atomic E-state index is 0.181. The summed E-state index contributed by atoms with van der Waals surface area (Å²) in [6.07, 6.45) is 1.14. The molecular weight excluding hydrogens is 179 g/mol. The summed E-state index contributed by atoms with van der Waals surface area (Å²) in [5, 5.41) is 0. The van der Waals surface area contributed by atoms with Crippen LogP contribution in [0.15, 0.2) is 12.7 Å². The zero-order chi connectivity index (χ0) is 9.61. The van der Waals surface area contributed by atoms with Crippen molar-refractivity contribution in [3.05, 3.63) is 12.7 Å². The van der Waals surface area contributed by atoms with Gasteiger partial charge in [-0.25, -0.2) is 9.36 Å². The van der Waals surface area contributed by atoms with Crippen LogP contribution in [0.25, 0.3) is 0 Å². The number of carbonyl (C=O) groups is 1. The Labute approximate surface area is 72.1 Å². The molecule has 1 unspecified atom stereocenters. The molecule has 1 atom stereocenters. The first-order valence-electron chi connectivity index (χ1n) is 3.67. The maximum absolute atomic E-state index is 11.4. The molecule has 4 nitrogen and oxygen atoms in total. The lowest BCUT2D eigenvalue weighted by Gasteiger charge is -2.13. The highest BCUT2D eigenvalue weighted by Crippen LogP contribution is 2.47. The third kappa shape index (κ3) is 3.69. The molecule has 5 heteroatoms. The van der Waals surface area contributed by atoms with Crippen LogP contribution in [-0.4, -0.2) is 18.7 Å². The maximum atomic E-state index is 11.4. The van der Waals surface area contributed by atoms with Gasteiger partial charge in [0, 0.05) is 6.08 Å². The molecule has 0 rings (SSSR count). The average Bonchev–Trinajstić information content (AvgIpc) is 2.05. The fourth-order valence-electron chi connectivity index (χ4n) is 0.553. The Morgan fingerprint density at radius 3 is 2.50 bits per heavy atom. The predicted octanol–water partition coefficient (Wildman–Crippen LogP) is 1.97. The minimum atomic E-state index is -3.19. The molecule has 0 aromatic rings.